The van der Waals surface area contributed by atoms with Gasteiger partial charge in [-0.05, 0) is 31.0 Å². The maximum atomic E-state index is 12.7. The molecule has 4 rings (SSSR count). The van der Waals surface area contributed by atoms with Crippen molar-refractivity contribution in [2.45, 2.75) is 26.0 Å². The summed E-state index contributed by atoms with van der Waals surface area (Å²) in [6.07, 6.45) is 6.11. The van der Waals surface area contributed by atoms with Gasteiger partial charge in [-0.15, -0.1) is 0 Å². The van der Waals surface area contributed by atoms with Crippen molar-refractivity contribution in [1.82, 2.24) is 24.5 Å². The average Bonchev–Trinajstić information content (AvgIpc) is 3.31. The van der Waals surface area contributed by atoms with Crippen LogP contribution in [0.3, 0.4) is 0 Å². The van der Waals surface area contributed by atoms with Crippen LogP contribution >= 0.6 is 0 Å². The Morgan fingerprint density at radius 2 is 2.32 bits per heavy atom. The minimum atomic E-state index is -0.240. The number of aromatic nitrogens is 4. The molecule has 0 aliphatic carbocycles. The van der Waals surface area contributed by atoms with E-state index < -0.39 is 0 Å². The number of amides is 1. The molecule has 0 radical (unpaired) electrons. The summed E-state index contributed by atoms with van der Waals surface area (Å²) in [7, 11) is 1.87. The van der Waals surface area contributed by atoms with Crippen LogP contribution < -0.4 is 5.32 Å². The van der Waals surface area contributed by atoms with Crippen molar-refractivity contribution in [2.75, 3.05) is 6.61 Å². The molecule has 1 saturated heterocycles. The zero-order chi connectivity index (χ0) is 17.4. The predicted octanol–water partition coefficient (Wildman–Crippen LogP) is 1.77. The summed E-state index contributed by atoms with van der Waals surface area (Å²) < 4.78 is 9.53. The number of nitrogens with zero attached hydrogens (tertiary/aromatic N) is 4. The first-order valence-corrected chi connectivity index (χ1v) is 8.44. The number of hydrogen-bond donors (Lipinski definition) is 1. The lowest BCUT2D eigenvalue weighted by Crippen LogP contribution is -2.32. The number of pyridine rings is 1. The minimum Gasteiger partial charge on any atom is -0.371 e. The topological polar surface area (TPSA) is 73.4 Å². The number of rotatable bonds is 4. The van der Waals surface area contributed by atoms with E-state index in [4.69, 9.17) is 4.74 Å². The number of imidazole rings is 1. The number of hydrogen-bond acceptors (Lipinski definition) is 4. The molecule has 0 spiro atoms. The Morgan fingerprint density at radius 1 is 1.44 bits per heavy atom. The second kappa shape index (κ2) is 6.33. The largest absolute Gasteiger partial charge is 0.371 e. The first-order chi connectivity index (χ1) is 12.1. The fourth-order valence-electron chi connectivity index (χ4n) is 3.41. The van der Waals surface area contributed by atoms with Crippen molar-refractivity contribution >= 4 is 11.6 Å². The third-order valence-corrected chi connectivity index (χ3v) is 4.75. The van der Waals surface area contributed by atoms with Crippen molar-refractivity contribution in [2.24, 2.45) is 13.0 Å². The Bertz CT molecular complexity index is 913. The number of fused-ring (bicyclic) bond motifs is 1. The molecule has 2 atom stereocenters. The lowest BCUT2D eigenvalue weighted by atomic mass is 9.98. The normalized spacial score (nSPS) is 20.2. The molecule has 130 valence electrons. The van der Waals surface area contributed by atoms with E-state index >= 15 is 0 Å². The second-order valence-electron chi connectivity index (χ2n) is 6.44. The van der Waals surface area contributed by atoms with Gasteiger partial charge in [0.25, 0.3) is 0 Å². The second-order valence-corrected chi connectivity index (χ2v) is 6.44. The van der Waals surface area contributed by atoms with E-state index in [0.717, 1.165) is 22.6 Å². The molecular formula is C18H21N5O2. The Balaban J connectivity index is 1.46. The molecule has 4 heterocycles. The summed E-state index contributed by atoms with van der Waals surface area (Å²) in [5.41, 5.74) is 3.81. The van der Waals surface area contributed by atoms with E-state index in [1.807, 2.05) is 49.0 Å². The number of carbonyl (C=O) groups excluding carboxylic acids is 1. The van der Waals surface area contributed by atoms with Crippen LogP contribution in [0.4, 0.5) is 0 Å². The van der Waals surface area contributed by atoms with Gasteiger partial charge in [0.1, 0.15) is 11.8 Å². The Kier molecular flexibility index (Phi) is 4.01. The van der Waals surface area contributed by atoms with Crippen LogP contribution in [0.5, 0.6) is 0 Å². The zero-order valence-electron chi connectivity index (χ0n) is 14.3. The third kappa shape index (κ3) is 2.91. The molecule has 7 heteroatoms. The standard InChI is InChI=1S/C18H21N5O2/c1-12-4-3-8-23-11-13(21-17(12)23)10-19-18(24)14-6-9-25-16(14)15-5-7-20-22(15)2/h3-5,7-8,11,14,16H,6,9-10H2,1-2H3,(H,19,24)/t14-,16-/m1/s1. The predicted molar refractivity (Wildman–Crippen MR) is 91.8 cm³/mol. The molecular weight excluding hydrogens is 318 g/mol. The van der Waals surface area contributed by atoms with Gasteiger partial charge in [-0.1, -0.05) is 6.07 Å². The summed E-state index contributed by atoms with van der Waals surface area (Å²) in [6, 6.07) is 5.92. The number of aryl methyl sites for hydroxylation is 2. The molecule has 3 aromatic heterocycles. The minimum absolute atomic E-state index is 0.00234. The third-order valence-electron chi connectivity index (χ3n) is 4.75. The van der Waals surface area contributed by atoms with Crippen molar-refractivity contribution in [3.63, 3.8) is 0 Å². The molecule has 0 saturated carbocycles. The maximum Gasteiger partial charge on any atom is 0.226 e. The summed E-state index contributed by atoms with van der Waals surface area (Å²) in [5, 5.41) is 7.18. The highest BCUT2D eigenvalue weighted by Gasteiger charge is 2.36. The molecule has 1 aliphatic heterocycles. The van der Waals surface area contributed by atoms with E-state index in [1.54, 1.807) is 10.9 Å². The van der Waals surface area contributed by atoms with Gasteiger partial charge in [0.05, 0.1) is 23.9 Å². The molecule has 3 aromatic rings. The number of nitrogens with one attached hydrogen (secondary N) is 1. The van der Waals surface area contributed by atoms with Gasteiger partial charge in [0.15, 0.2) is 0 Å². The van der Waals surface area contributed by atoms with Crippen LogP contribution in [-0.4, -0.2) is 31.7 Å². The number of carbonyl (C=O) groups is 1. The van der Waals surface area contributed by atoms with E-state index in [1.165, 1.54) is 0 Å². The summed E-state index contributed by atoms with van der Waals surface area (Å²) in [4.78, 5) is 17.3. The highest BCUT2D eigenvalue weighted by molar-refractivity contribution is 5.79. The smallest absolute Gasteiger partial charge is 0.226 e. The van der Waals surface area contributed by atoms with E-state index in [9.17, 15) is 4.79 Å². The van der Waals surface area contributed by atoms with Gasteiger partial charge >= 0.3 is 0 Å². The summed E-state index contributed by atoms with van der Waals surface area (Å²) in [5.74, 6) is -0.202. The van der Waals surface area contributed by atoms with Crippen LogP contribution in [-0.2, 0) is 23.1 Å². The van der Waals surface area contributed by atoms with Gasteiger partial charge in [-0.25, -0.2) is 4.98 Å². The van der Waals surface area contributed by atoms with Crippen LogP contribution in [0, 0.1) is 12.8 Å². The summed E-state index contributed by atoms with van der Waals surface area (Å²) >= 11 is 0. The number of ether oxygens (including phenoxy) is 1. The van der Waals surface area contributed by atoms with Gasteiger partial charge in [0.2, 0.25) is 5.91 Å². The SMILES string of the molecule is Cc1cccn2cc(CNC(=O)[C@@H]3CCO[C@H]3c3ccnn3C)nc12. The lowest BCUT2D eigenvalue weighted by molar-refractivity contribution is -0.127. The van der Waals surface area contributed by atoms with Gasteiger partial charge < -0.3 is 14.5 Å². The lowest BCUT2D eigenvalue weighted by Gasteiger charge is -2.18. The monoisotopic (exact) mass is 339 g/mol. The van der Waals surface area contributed by atoms with Crippen molar-refractivity contribution in [3.05, 3.63) is 53.7 Å². The molecule has 1 N–H and O–H groups in total. The average molecular weight is 339 g/mol. The Labute approximate surface area is 145 Å². The van der Waals surface area contributed by atoms with Crippen molar-refractivity contribution < 1.29 is 9.53 Å². The first-order valence-electron chi connectivity index (χ1n) is 8.44. The quantitative estimate of drug-likeness (QED) is 0.786. The first kappa shape index (κ1) is 15.8. The van der Waals surface area contributed by atoms with Crippen LogP contribution in [0.25, 0.3) is 5.65 Å². The van der Waals surface area contributed by atoms with Gasteiger partial charge in [0, 0.05) is 32.2 Å². The fourth-order valence-corrected chi connectivity index (χ4v) is 3.41. The van der Waals surface area contributed by atoms with E-state index in [0.29, 0.717) is 19.6 Å². The Morgan fingerprint density at radius 3 is 3.08 bits per heavy atom. The summed E-state index contributed by atoms with van der Waals surface area (Å²) in [6.45, 7) is 3.02. The highest BCUT2D eigenvalue weighted by Crippen LogP contribution is 2.34. The molecule has 1 amide bonds. The molecule has 1 fully saturated rings. The zero-order valence-corrected chi connectivity index (χ0v) is 14.3. The molecule has 0 aromatic carbocycles. The molecule has 0 unspecified atom stereocenters. The fraction of sp³-hybridized carbons (Fsp3) is 0.389. The molecule has 0 bridgehead atoms. The molecule has 1 aliphatic rings. The molecule has 25 heavy (non-hydrogen) atoms. The van der Waals surface area contributed by atoms with Crippen LogP contribution in [0.1, 0.15) is 29.5 Å². The van der Waals surface area contributed by atoms with E-state index in [2.05, 4.69) is 15.4 Å². The maximum absolute atomic E-state index is 12.7. The molecule has 7 nitrogen and oxygen atoms in total. The van der Waals surface area contributed by atoms with Crippen LogP contribution in [0.2, 0.25) is 0 Å². The van der Waals surface area contributed by atoms with Crippen molar-refractivity contribution in [1.29, 1.82) is 0 Å². The van der Waals surface area contributed by atoms with Gasteiger partial charge in [-0.2, -0.15) is 5.10 Å². The van der Waals surface area contributed by atoms with Gasteiger partial charge in [-0.3, -0.25) is 9.48 Å². The van der Waals surface area contributed by atoms with E-state index in [-0.39, 0.29) is 17.9 Å². The highest BCUT2D eigenvalue weighted by atomic mass is 16.5. The Hall–Kier alpha value is -2.67. The van der Waals surface area contributed by atoms with Crippen molar-refractivity contribution in [3.8, 4) is 0 Å². The van der Waals surface area contributed by atoms with Crippen LogP contribution in [0.15, 0.2) is 36.8 Å².